The third kappa shape index (κ3) is 5.67. The second-order valence-electron chi connectivity index (χ2n) is 7.11. The maximum absolute atomic E-state index is 15.4. The van der Waals surface area contributed by atoms with Gasteiger partial charge < -0.3 is 15.3 Å². The molecular weight excluding hydrogens is 543 g/mol. The van der Waals surface area contributed by atoms with Crippen LogP contribution in [0.4, 0.5) is 8.78 Å². The smallest absolute Gasteiger partial charge is 0.323 e. The van der Waals surface area contributed by atoms with Crippen molar-refractivity contribution in [2.24, 2.45) is 4.99 Å². The van der Waals surface area contributed by atoms with Gasteiger partial charge in [0.05, 0.1) is 28.1 Å². The van der Waals surface area contributed by atoms with E-state index in [1.165, 1.54) is 37.4 Å². The Morgan fingerprint density at radius 1 is 1.31 bits per heavy atom. The number of aliphatic imine (C=N–C) groups is 1. The number of aryl methyl sites for hydroxylation is 1. The highest BCUT2D eigenvalue weighted by Crippen LogP contribution is 2.26. The molecule has 0 saturated carbocycles. The molecule has 1 aromatic carbocycles. The summed E-state index contributed by atoms with van der Waals surface area (Å²) in [5.74, 6) is -2.11. The summed E-state index contributed by atoms with van der Waals surface area (Å²) in [5, 5.41) is 34.2. The van der Waals surface area contributed by atoms with Crippen molar-refractivity contribution in [2.75, 3.05) is 6.26 Å². The standard InChI is InChI=1S/C21H17Cl2F2N5O5S/c1-11-8-13(15-9-27-30(28-15)21(32,33)34)17(23)20(31)29(11)10-14(24)19(26-7-6-22)12-4-3-5-16(18(12)25)36(2)35/h3-10,32-34H,1-2H3/b7-6+,14-10-,26-19+. The molecule has 190 valence electrons. The minimum absolute atomic E-state index is 0.00265. The fourth-order valence-corrected chi connectivity index (χ4v) is 3.98. The predicted molar refractivity (Wildman–Crippen MR) is 130 cm³/mol. The summed E-state index contributed by atoms with van der Waals surface area (Å²) >= 11 is 11.7. The van der Waals surface area contributed by atoms with E-state index < -0.39 is 44.8 Å². The summed E-state index contributed by atoms with van der Waals surface area (Å²) in [6, 6.07) is 5.20. The van der Waals surface area contributed by atoms with Gasteiger partial charge in [0.25, 0.3) is 5.56 Å². The molecule has 0 aliphatic rings. The van der Waals surface area contributed by atoms with E-state index in [1.54, 1.807) is 0 Å². The lowest BCUT2D eigenvalue weighted by Crippen LogP contribution is -2.34. The largest absolute Gasteiger partial charge is 0.405 e. The van der Waals surface area contributed by atoms with E-state index in [0.29, 0.717) is 0 Å². The van der Waals surface area contributed by atoms with E-state index in [2.05, 4.69) is 15.2 Å². The van der Waals surface area contributed by atoms with Crippen molar-refractivity contribution in [2.45, 2.75) is 17.9 Å². The number of halogens is 4. The summed E-state index contributed by atoms with van der Waals surface area (Å²) in [6.07, 6.45) is 0.620. The minimum Gasteiger partial charge on any atom is -0.323 e. The normalized spacial score (nSPS) is 14.0. The molecule has 0 bridgehead atoms. The van der Waals surface area contributed by atoms with Gasteiger partial charge in [-0.2, -0.15) is 5.10 Å². The van der Waals surface area contributed by atoms with Crippen LogP contribution in [-0.4, -0.2) is 51.1 Å². The van der Waals surface area contributed by atoms with Gasteiger partial charge in [0.2, 0.25) is 0 Å². The molecule has 2 aromatic heterocycles. The Kier molecular flexibility index (Phi) is 8.33. The molecular formula is C21H17Cl2F2N5O5S. The van der Waals surface area contributed by atoms with Crippen LogP contribution < -0.4 is 5.56 Å². The number of hydrogen-bond donors (Lipinski definition) is 3. The number of pyridine rings is 1. The Balaban J connectivity index is 2.15. The van der Waals surface area contributed by atoms with Crippen LogP contribution in [0.2, 0.25) is 5.02 Å². The third-order valence-corrected chi connectivity index (χ3v) is 6.08. The summed E-state index contributed by atoms with van der Waals surface area (Å²) in [6.45, 7) is 1.43. The van der Waals surface area contributed by atoms with Crippen molar-refractivity contribution in [3.05, 3.63) is 80.5 Å². The second kappa shape index (κ2) is 10.9. The summed E-state index contributed by atoms with van der Waals surface area (Å²) < 4.78 is 43.0. The third-order valence-electron chi connectivity index (χ3n) is 4.67. The van der Waals surface area contributed by atoms with Gasteiger partial charge in [0.15, 0.2) is 5.83 Å². The Morgan fingerprint density at radius 3 is 2.58 bits per heavy atom. The number of benzene rings is 1. The highest BCUT2D eigenvalue weighted by Gasteiger charge is 2.26. The van der Waals surface area contributed by atoms with E-state index >= 15 is 4.39 Å². The van der Waals surface area contributed by atoms with Crippen molar-refractivity contribution in [1.29, 1.82) is 0 Å². The Morgan fingerprint density at radius 2 is 2.00 bits per heavy atom. The van der Waals surface area contributed by atoms with Crippen LogP contribution in [0.3, 0.4) is 0 Å². The lowest BCUT2D eigenvalue weighted by atomic mass is 10.1. The second-order valence-corrected chi connectivity index (χ2v) is 9.09. The first-order valence-electron chi connectivity index (χ1n) is 9.71. The fraction of sp³-hybridized carbons (Fsp3) is 0.143. The molecule has 10 nitrogen and oxygen atoms in total. The first kappa shape index (κ1) is 27.5. The maximum Gasteiger partial charge on any atom is 0.405 e. The zero-order valence-corrected chi connectivity index (χ0v) is 20.8. The molecule has 3 rings (SSSR count). The first-order chi connectivity index (χ1) is 16.9. The molecule has 3 N–H and O–H groups in total. The molecule has 3 aromatic rings. The molecule has 0 fully saturated rings. The number of aliphatic hydroxyl groups is 3. The van der Waals surface area contributed by atoms with Crippen molar-refractivity contribution >= 4 is 45.9 Å². The molecule has 0 radical (unpaired) electrons. The lowest BCUT2D eigenvalue weighted by Gasteiger charge is -2.12. The number of hydrogen-bond acceptors (Lipinski definition) is 8. The maximum atomic E-state index is 15.4. The van der Waals surface area contributed by atoms with Gasteiger partial charge in [0, 0.05) is 34.8 Å². The van der Waals surface area contributed by atoms with Gasteiger partial charge in [-0.1, -0.05) is 34.1 Å². The van der Waals surface area contributed by atoms with Crippen LogP contribution in [0, 0.1) is 12.7 Å². The molecule has 0 aliphatic carbocycles. The number of rotatable bonds is 7. The van der Waals surface area contributed by atoms with Crippen LogP contribution in [0.15, 0.2) is 62.7 Å². The molecule has 1 atom stereocenters. The van der Waals surface area contributed by atoms with Gasteiger partial charge >= 0.3 is 6.10 Å². The van der Waals surface area contributed by atoms with Gasteiger partial charge in [-0.3, -0.25) is 18.6 Å². The van der Waals surface area contributed by atoms with E-state index in [0.717, 1.165) is 28.7 Å². The molecule has 0 saturated heterocycles. The summed E-state index contributed by atoms with van der Waals surface area (Å²) in [7, 11) is -1.71. The Labute approximate surface area is 214 Å². The molecule has 0 amide bonds. The van der Waals surface area contributed by atoms with Crippen LogP contribution in [-0.2, 0) is 16.9 Å². The highest BCUT2D eigenvalue weighted by molar-refractivity contribution is 7.84. The average Bonchev–Trinajstić information content (AvgIpc) is 3.31. The van der Waals surface area contributed by atoms with Gasteiger partial charge in [-0.15, -0.1) is 5.10 Å². The van der Waals surface area contributed by atoms with Gasteiger partial charge in [-0.25, -0.2) is 8.78 Å². The monoisotopic (exact) mass is 559 g/mol. The van der Waals surface area contributed by atoms with Crippen LogP contribution in [0.5, 0.6) is 0 Å². The van der Waals surface area contributed by atoms with E-state index in [-0.39, 0.29) is 32.2 Å². The Hall–Kier alpha value is -3.07. The SMILES string of the molecule is Cc1cc(-c2cnn(C(O)(O)O)n2)c(Cl)c(=O)n1/C=C(F)/C(=N/C=C/Cl)c1cccc(S(C)=O)c1F. The molecule has 15 heteroatoms. The van der Waals surface area contributed by atoms with Crippen molar-refractivity contribution in [1.82, 2.24) is 19.6 Å². The van der Waals surface area contributed by atoms with E-state index in [1.807, 2.05) is 0 Å². The number of nitrogens with zero attached hydrogens (tertiary/aromatic N) is 5. The fourth-order valence-electron chi connectivity index (χ4n) is 3.05. The van der Waals surface area contributed by atoms with Crippen molar-refractivity contribution in [3.63, 3.8) is 0 Å². The summed E-state index contributed by atoms with van der Waals surface area (Å²) in [5.41, 5.74) is -0.752. The van der Waals surface area contributed by atoms with E-state index in [9.17, 15) is 28.7 Å². The molecule has 1 unspecified atom stereocenters. The van der Waals surface area contributed by atoms with Crippen LogP contribution in [0.25, 0.3) is 17.5 Å². The molecule has 36 heavy (non-hydrogen) atoms. The first-order valence-corrected chi connectivity index (χ1v) is 12.1. The Bertz CT molecular complexity index is 1490. The zero-order chi connectivity index (χ0) is 26.8. The van der Waals surface area contributed by atoms with Crippen LogP contribution >= 0.6 is 23.2 Å². The molecule has 0 aliphatic heterocycles. The summed E-state index contributed by atoms with van der Waals surface area (Å²) in [4.78, 5) is 16.8. The van der Waals surface area contributed by atoms with Gasteiger partial charge in [0.1, 0.15) is 22.2 Å². The molecule has 0 spiro atoms. The lowest BCUT2D eigenvalue weighted by molar-refractivity contribution is -0.386. The minimum atomic E-state index is -3.38. The predicted octanol–water partition coefficient (Wildman–Crippen LogP) is 2.46. The van der Waals surface area contributed by atoms with Crippen molar-refractivity contribution in [3.8, 4) is 11.3 Å². The number of aromatic nitrogens is 4. The average molecular weight is 560 g/mol. The quantitative estimate of drug-likeness (QED) is 0.298. The number of allylic oxidation sites excluding steroid dienone is 1. The van der Waals surface area contributed by atoms with Crippen molar-refractivity contribution < 1.29 is 28.3 Å². The topological polar surface area (TPSA) is 143 Å². The van der Waals surface area contributed by atoms with E-state index in [4.69, 9.17) is 23.2 Å². The van der Waals surface area contributed by atoms with Gasteiger partial charge in [-0.05, 0) is 25.1 Å². The molecule has 2 heterocycles. The zero-order valence-electron chi connectivity index (χ0n) is 18.4. The van der Waals surface area contributed by atoms with Crippen LogP contribution in [0.1, 0.15) is 11.3 Å². The highest BCUT2D eigenvalue weighted by atomic mass is 35.5.